The van der Waals surface area contributed by atoms with E-state index in [1.165, 1.54) is 12.1 Å². The Morgan fingerprint density at radius 2 is 1.72 bits per heavy atom. The smallest absolute Gasteiger partial charge is 0.416 e. The third kappa shape index (κ3) is 5.83. The predicted molar refractivity (Wildman–Crippen MR) is 103 cm³/mol. The van der Waals surface area contributed by atoms with E-state index in [0.29, 0.717) is 18.7 Å². The fraction of sp³-hybridized carbons (Fsp3) is 0.579. The van der Waals surface area contributed by atoms with Crippen molar-refractivity contribution in [2.75, 3.05) is 32.7 Å². The fourth-order valence-corrected chi connectivity index (χ4v) is 3.98. The first-order valence-corrected chi connectivity index (χ1v) is 9.40. The van der Waals surface area contributed by atoms with Gasteiger partial charge in [-0.1, -0.05) is 12.1 Å². The maximum absolute atomic E-state index is 13.0. The predicted octanol–water partition coefficient (Wildman–Crippen LogP) is 2.66. The molecule has 1 aromatic carbocycles. The van der Waals surface area contributed by atoms with Gasteiger partial charge >= 0.3 is 12.3 Å². The van der Waals surface area contributed by atoms with Gasteiger partial charge in [-0.25, -0.2) is 4.79 Å². The molecule has 162 valence electrons. The molecule has 1 aromatic rings. The number of carboxylic acid groups (broad SMARTS) is 1. The van der Waals surface area contributed by atoms with Gasteiger partial charge in [-0.2, -0.15) is 13.2 Å². The summed E-state index contributed by atoms with van der Waals surface area (Å²) in [5, 5.41) is 12.8. The molecular weight excluding hydrogens is 411 g/mol. The number of carbonyl (C=O) groups is 2. The van der Waals surface area contributed by atoms with Crippen molar-refractivity contribution in [3.05, 3.63) is 35.4 Å². The van der Waals surface area contributed by atoms with E-state index in [1.54, 1.807) is 0 Å². The monoisotopic (exact) mass is 435 g/mol. The molecule has 0 aromatic heterocycles. The molecule has 2 atom stereocenters. The van der Waals surface area contributed by atoms with Crippen LogP contribution >= 0.6 is 12.4 Å². The average Bonchev–Trinajstić information content (AvgIpc) is 3.14. The number of halogens is 4. The lowest BCUT2D eigenvalue weighted by molar-refractivity contribution is -0.137. The lowest BCUT2D eigenvalue weighted by atomic mass is 9.94. The van der Waals surface area contributed by atoms with Crippen LogP contribution in [0.15, 0.2) is 24.3 Å². The lowest BCUT2D eigenvalue weighted by Gasteiger charge is -2.41. The highest BCUT2D eigenvalue weighted by Crippen LogP contribution is 2.29. The summed E-state index contributed by atoms with van der Waals surface area (Å²) in [4.78, 5) is 28.0. The van der Waals surface area contributed by atoms with Crippen LogP contribution in [0.4, 0.5) is 18.0 Å². The number of ketones is 1. The molecule has 3 rings (SSSR count). The molecule has 1 amide bonds. The van der Waals surface area contributed by atoms with Gasteiger partial charge in [-0.05, 0) is 43.6 Å². The van der Waals surface area contributed by atoms with Gasteiger partial charge in [0.15, 0.2) is 5.78 Å². The number of benzene rings is 1. The maximum Gasteiger partial charge on any atom is 0.416 e. The first kappa shape index (κ1) is 23.4. The number of Topliss-reactive ketones (excluding diaryl/α,β-unsaturated/α-hetero) is 1. The molecule has 2 saturated heterocycles. The maximum atomic E-state index is 13.0. The van der Waals surface area contributed by atoms with Crippen molar-refractivity contribution in [2.45, 2.75) is 37.5 Å². The van der Waals surface area contributed by atoms with E-state index in [9.17, 15) is 27.9 Å². The zero-order valence-corrected chi connectivity index (χ0v) is 16.6. The van der Waals surface area contributed by atoms with Gasteiger partial charge in [0.2, 0.25) is 0 Å². The highest BCUT2D eigenvalue weighted by Gasteiger charge is 2.40. The summed E-state index contributed by atoms with van der Waals surface area (Å²) >= 11 is 0. The van der Waals surface area contributed by atoms with Crippen molar-refractivity contribution in [3.8, 4) is 0 Å². The number of alkyl halides is 3. The molecule has 2 N–H and O–H groups in total. The first-order valence-electron chi connectivity index (χ1n) is 9.40. The summed E-state index contributed by atoms with van der Waals surface area (Å²) < 4.78 is 38.1. The van der Waals surface area contributed by atoms with E-state index in [2.05, 4.69) is 10.2 Å². The Hall–Kier alpha value is -1.84. The van der Waals surface area contributed by atoms with Gasteiger partial charge in [-0.15, -0.1) is 12.4 Å². The highest BCUT2D eigenvalue weighted by molar-refractivity contribution is 5.89. The van der Waals surface area contributed by atoms with Gasteiger partial charge in [0.25, 0.3) is 0 Å². The Bertz CT molecular complexity index is 709. The van der Waals surface area contributed by atoms with Gasteiger partial charge in [0.1, 0.15) is 6.04 Å². The lowest BCUT2D eigenvalue weighted by Crippen LogP contribution is -2.65. The molecule has 29 heavy (non-hydrogen) atoms. The molecule has 2 unspecified atom stereocenters. The van der Waals surface area contributed by atoms with Crippen LogP contribution in [0.5, 0.6) is 0 Å². The number of carbonyl (C=O) groups excluding carboxylic acids is 1. The molecule has 2 aliphatic rings. The van der Waals surface area contributed by atoms with Gasteiger partial charge in [0, 0.05) is 32.1 Å². The van der Waals surface area contributed by atoms with Crippen LogP contribution in [0.1, 0.15) is 24.0 Å². The zero-order valence-electron chi connectivity index (χ0n) is 15.8. The Kier molecular flexibility index (Phi) is 7.90. The number of amides is 1. The Morgan fingerprint density at radius 3 is 2.28 bits per heavy atom. The van der Waals surface area contributed by atoms with Crippen LogP contribution in [0.25, 0.3) is 0 Å². The van der Waals surface area contributed by atoms with E-state index in [4.69, 9.17) is 0 Å². The quantitative estimate of drug-likeness (QED) is 0.744. The van der Waals surface area contributed by atoms with Gasteiger partial charge in [-0.3, -0.25) is 9.69 Å². The summed E-state index contributed by atoms with van der Waals surface area (Å²) in [6.07, 6.45) is -3.53. The van der Waals surface area contributed by atoms with Gasteiger partial charge in [0.05, 0.1) is 5.56 Å². The summed E-state index contributed by atoms with van der Waals surface area (Å²) in [5.74, 6) is -0.307. The third-order valence-corrected chi connectivity index (χ3v) is 5.36. The molecule has 2 heterocycles. The molecule has 6 nitrogen and oxygen atoms in total. The molecule has 0 bridgehead atoms. The van der Waals surface area contributed by atoms with E-state index in [-0.39, 0.29) is 37.2 Å². The average molecular weight is 436 g/mol. The second-order valence-electron chi connectivity index (χ2n) is 7.33. The van der Waals surface area contributed by atoms with E-state index in [0.717, 1.165) is 43.0 Å². The summed E-state index contributed by atoms with van der Waals surface area (Å²) in [5.41, 5.74) is -0.337. The Labute approximate surface area is 173 Å². The number of rotatable bonds is 5. The minimum Gasteiger partial charge on any atom is -0.465 e. The minimum absolute atomic E-state index is 0. The summed E-state index contributed by atoms with van der Waals surface area (Å²) in [6, 6.07) is 3.26. The normalized spacial score (nSPS) is 22.9. The second kappa shape index (κ2) is 9.77. The van der Waals surface area contributed by atoms with E-state index in [1.807, 2.05) is 0 Å². The number of likely N-dealkylation sites (tertiary alicyclic amines) is 1. The molecule has 2 fully saturated rings. The van der Waals surface area contributed by atoms with Crippen molar-refractivity contribution in [1.29, 1.82) is 0 Å². The number of piperazine rings is 1. The molecule has 0 saturated carbocycles. The van der Waals surface area contributed by atoms with Crippen molar-refractivity contribution in [1.82, 2.24) is 15.1 Å². The molecule has 0 aliphatic carbocycles. The van der Waals surface area contributed by atoms with Crippen molar-refractivity contribution in [3.63, 3.8) is 0 Å². The van der Waals surface area contributed by atoms with Crippen LogP contribution in [-0.2, 0) is 17.4 Å². The van der Waals surface area contributed by atoms with Crippen molar-refractivity contribution in [2.24, 2.45) is 0 Å². The number of nitrogens with zero attached hydrogens (tertiary/aromatic N) is 2. The Morgan fingerprint density at radius 1 is 1.10 bits per heavy atom. The molecule has 2 aliphatic heterocycles. The van der Waals surface area contributed by atoms with E-state index < -0.39 is 23.9 Å². The SMILES string of the molecule is Cl.O=C(Cc1ccc(C(F)(F)F)cc1)C1C(CN2CCCC2)NCCN1C(=O)O. The molecule has 0 radical (unpaired) electrons. The number of nitrogens with one attached hydrogen (secondary N) is 1. The summed E-state index contributed by atoms with van der Waals surface area (Å²) in [6.45, 7) is 3.09. The van der Waals surface area contributed by atoms with Crippen molar-refractivity contribution >= 4 is 24.3 Å². The van der Waals surface area contributed by atoms with Gasteiger partial charge < -0.3 is 15.3 Å². The van der Waals surface area contributed by atoms with Crippen LogP contribution in [0, 0.1) is 0 Å². The topological polar surface area (TPSA) is 72.9 Å². The van der Waals surface area contributed by atoms with Crippen LogP contribution in [-0.4, -0.2) is 71.6 Å². The number of hydrogen-bond acceptors (Lipinski definition) is 4. The molecule has 10 heteroatoms. The minimum atomic E-state index is -4.43. The first-order chi connectivity index (χ1) is 13.3. The van der Waals surface area contributed by atoms with Crippen LogP contribution in [0.3, 0.4) is 0 Å². The third-order valence-electron chi connectivity index (χ3n) is 5.36. The summed E-state index contributed by atoms with van der Waals surface area (Å²) in [7, 11) is 0. The standard InChI is InChI=1S/C19H24F3N3O3.ClH/c20-19(21,22)14-5-3-13(4-6-14)11-16(26)17-15(12-24-8-1-2-9-24)23-7-10-25(17)18(27)28;/h3-6,15,17,23H,1-2,7-12H2,(H,27,28);1H. The largest absolute Gasteiger partial charge is 0.465 e. The van der Waals surface area contributed by atoms with E-state index >= 15 is 0 Å². The fourth-order valence-electron chi connectivity index (χ4n) is 3.98. The van der Waals surface area contributed by atoms with Crippen LogP contribution < -0.4 is 5.32 Å². The van der Waals surface area contributed by atoms with Crippen LogP contribution in [0.2, 0.25) is 0 Å². The molecular formula is C19H25ClF3N3O3. The second-order valence-corrected chi connectivity index (χ2v) is 7.33. The molecule has 0 spiro atoms. The number of hydrogen-bond donors (Lipinski definition) is 2. The zero-order chi connectivity index (χ0) is 20.3. The van der Waals surface area contributed by atoms with Crippen molar-refractivity contribution < 1.29 is 27.9 Å². The highest BCUT2D eigenvalue weighted by atomic mass is 35.5. The Balaban J connectivity index is 0.00000300.